The van der Waals surface area contributed by atoms with Crippen molar-refractivity contribution in [2.24, 2.45) is 0 Å². The summed E-state index contributed by atoms with van der Waals surface area (Å²) in [5, 5.41) is 14.4. The van der Waals surface area contributed by atoms with Crippen molar-refractivity contribution < 1.29 is 14.7 Å². The van der Waals surface area contributed by atoms with Crippen molar-refractivity contribution in [1.29, 1.82) is 0 Å². The van der Waals surface area contributed by atoms with E-state index in [1.807, 2.05) is 0 Å². The third-order valence-electron chi connectivity index (χ3n) is 3.37. The quantitative estimate of drug-likeness (QED) is 0.757. The van der Waals surface area contributed by atoms with Crippen LogP contribution in [0.1, 0.15) is 23.2 Å². The minimum atomic E-state index is -1.07. The Morgan fingerprint density at radius 2 is 2.00 bits per heavy atom. The van der Waals surface area contributed by atoms with Crippen molar-refractivity contribution >= 4 is 33.6 Å². The summed E-state index contributed by atoms with van der Waals surface area (Å²) in [5.74, 6) is -1.07. The predicted molar refractivity (Wildman–Crippen MR) is 83.8 cm³/mol. The number of carboxylic acid groups (broad SMARTS) is 1. The van der Waals surface area contributed by atoms with Gasteiger partial charge in [-0.05, 0) is 44.1 Å². The van der Waals surface area contributed by atoms with E-state index in [0.29, 0.717) is 11.0 Å². The van der Waals surface area contributed by atoms with Crippen LogP contribution in [0.3, 0.4) is 0 Å². The van der Waals surface area contributed by atoms with Gasteiger partial charge in [-0.15, -0.1) is 0 Å². The molecule has 1 aromatic rings. The van der Waals surface area contributed by atoms with Crippen molar-refractivity contribution in [1.82, 2.24) is 10.2 Å². The van der Waals surface area contributed by atoms with Crippen LogP contribution in [-0.4, -0.2) is 48.2 Å². The molecule has 0 atom stereocenters. The Bertz CT molecular complexity index is 530. The molecule has 0 spiro atoms. The van der Waals surface area contributed by atoms with Gasteiger partial charge in [0, 0.05) is 17.6 Å². The molecule has 0 aromatic heterocycles. The molecule has 0 bridgehead atoms. The molecule has 0 unspecified atom stereocenters. The molecule has 6 nitrogen and oxygen atoms in total. The number of nitrogens with zero attached hydrogens (tertiary/aromatic N) is 1. The van der Waals surface area contributed by atoms with Crippen molar-refractivity contribution in [2.45, 2.75) is 12.8 Å². The van der Waals surface area contributed by atoms with E-state index in [1.54, 1.807) is 12.1 Å². The molecule has 2 amide bonds. The van der Waals surface area contributed by atoms with Gasteiger partial charge in [-0.2, -0.15) is 0 Å². The summed E-state index contributed by atoms with van der Waals surface area (Å²) in [5.41, 5.74) is 0.337. The van der Waals surface area contributed by atoms with Crippen LogP contribution in [0.5, 0.6) is 0 Å². The van der Waals surface area contributed by atoms with Gasteiger partial charge in [0.05, 0.1) is 11.3 Å². The fourth-order valence-corrected chi connectivity index (χ4v) is 2.67. The molecule has 1 fully saturated rings. The van der Waals surface area contributed by atoms with Crippen LogP contribution in [0.4, 0.5) is 10.5 Å². The second kappa shape index (κ2) is 7.42. The molecule has 0 aliphatic carbocycles. The highest BCUT2D eigenvalue weighted by Crippen LogP contribution is 2.21. The number of nitrogens with one attached hydrogen (secondary N) is 2. The lowest BCUT2D eigenvalue weighted by Crippen LogP contribution is -2.36. The minimum Gasteiger partial charge on any atom is -0.478 e. The molecule has 7 heteroatoms. The van der Waals surface area contributed by atoms with Crippen LogP contribution in [-0.2, 0) is 0 Å². The number of carbonyl (C=O) groups is 2. The number of anilines is 1. The monoisotopic (exact) mass is 355 g/mol. The van der Waals surface area contributed by atoms with Crippen molar-refractivity contribution in [3.8, 4) is 0 Å². The zero-order valence-corrected chi connectivity index (χ0v) is 13.1. The Balaban J connectivity index is 1.86. The van der Waals surface area contributed by atoms with E-state index >= 15 is 0 Å². The number of carboxylic acids is 1. The highest BCUT2D eigenvalue weighted by Gasteiger charge is 2.14. The van der Waals surface area contributed by atoms with E-state index in [1.165, 1.54) is 18.9 Å². The maximum absolute atomic E-state index is 11.8. The van der Waals surface area contributed by atoms with E-state index in [2.05, 4.69) is 31.5 Å². The van der Waals surface area contributed by atoms with Crippen LogP contribution >= 0.6 is 15.9 Å². The molecular weight excluding hydrogens is 338 g/mol. The number of urea groups is 1. The largest absolute Gasteiger partial charge is 0.478 e. The second-order valence-electron chi connectivity index (χ2n) is 4.92. The van der Waals surface area contributed by atoms with Crippen LogP contribution < -0.4 is 10.6 Å². The molecule has 1 saturated heterocycles. The normalized spacial score (nSPS) is 14.9. The molecule has 1 aliphatic rings. The number of benzene rings is 1. The first-order valence-corrected chi connectivity index (χ1v) is 7.65. The third kappa shape index (κ3) is 4.71. The molecule has 1 aromatic carbocycles. The summed E-state index contributed by atoms with van der Waals surface area (Å²) in [6.45, 7) is 3.52. The van der Waals surface area contributed by atoms with Crippen molar-refractivity contribution in [3.05, 3.63) is 28.2 Å². The second-order valence-corrected chi connectivity index (χ2v) is 5.84. The number of hydrogen-bond acceptors (Lipinski definition) is 3. The van der Waals surface area contributed by atoms with Gasteiger partial charge in [-0.1, -0.05) is 15.9 Å². The Morgan fingerprint density at radius 3 is 2.67 bits per heavy atom. The first-order valence-electron chi connectivity index (χ1n) is 6.86. The number of rotatable bonds is 5. The van der Waals surface area contributed by atoms with Gasteiger partial charge in [-0.25, -0.2) is 9.59 Å². The van der Waals surface area contributed by atoms with Gasteiger partial charge in [0.15, 0.2) is 0 Å². The summed E-state index contributed by atoms with van der Waals surface area (Å²) < 4.78 is 0.708. The molecule has 3 N–H and O–H groups in total. The molecule has 1 aliphatic heterocycles. The zero-order valence-electron chi connectivity index (χ0n) is 11.6. The van der Waals surface area contributed by atoms with Gasteiger partial charge in [0.1, 0.15) is 0 Å². The van der Waals surface area contributed by atoms with Gasteiger partial charge < -0.3 is 20.6 Å². The average molecular weight is 356 g/mol. The van der Waals surface area contributed by atoms with Gasteiger partial charge in [-0.3, -0.25) is 0 Å². The zero-order chi connectivity index (χ0) is 15.2. The predicted octanol–water partition coefficient (Wildman–Crippen LogP) is 2.36. The van der Waals surface area contributed by atoms with E-state index in [0.717, 1.165) is 19.6 Å². The van der Waals surface area contributed by atoms with E-state index in [4.69, 9.17) is 5.11 Å². The Labute approximate surface area is 131 Å². The van der Waals surface area contributed by atoms with E-state index in [9.17, 15) is 9.59 Å². The number of aromatic carboxylic acids is 1. The van der Waals surface area contributed by atoms with Crippen LogP contribution in [0.25, 0.3) is 0 Å². The fraction of sp³-hybridized carbons (Fsp3) is 0.429. The van der Waals surface area contributed by atoms with Crippen molar-refractivity contribution in [3.63, 3.8) is 0 Å². The first-order chi connectivity index (χ1) is 10.1. The minimum absolute atomic E-state index is 0.0629. The maximum atomic E-state index is 11.8. The lowest BCUT2D eigenvalue weighted by atomic mass is 10.2. The smallest absolute Gasteiger partial charge is 0.337 e. The number of carbonyl (C=O) groups excluding carboxylic acids is 1. The number of halogens is 1. The SMILES string of the molecule is O=C(NCCN1CCCC1)Nc1cc(Br)ccc1C(=O)O. The highest BCUT2D eigenvalue weighted by molar-refractivity contribution is 9.10. The maximum Gasteiger partial charge on any atom is 0.337 e. The summed E-state index contributed by atoms with van der Waals surface area (Å²) in [6.07, 6.45) is 2.43. The summed E-state index contributed by atoms with van der Waals surface area (Å²) in [4.78, 5) is 25.2. The molecule has 114 valence electrons. The molecule has 1 heterocycles. The molecular formula is C14H18BrN3O3. The number of amides is 2. The van der Waals surface area contributed by atoms with Crippen LogP contribution in [0, 0.1) is 0 Å². The Hall–Kier alpha value is -1.60. The fourth-order valence-electron chi connectivity index (χ4n) is 2.31. The van der Waals surface area contributed by atoms with Crippen LogP contribution in [0.2, 0.25) is 0 Å². The standard InChI is InChI=1S/C14H18BrN3O3/c15-10-3-4-11(13(19)20)12(9-10)17-14(21)16-5-8-18-6-1-2-7-18/h3-4,9H,1-2,5-8H2,(H,19,20)(H2,16,17,21). The number of hydrogen-bond donors (Lipinski definition) is 3. The number of likely N-dealkylation sites (tertiary alicyclic amines) is 1. The van der Waals surface area contributed by atoms with Crippen LogP contribution in [0.15, 0.2) is 22.7 Å². The highest BCUT2D eigenvalue weighted by atomic mass is 79.9. The van der Waals surface area contributed by atoms with Gasteiger partial charge in [0.25, 0.3) is 0 Å². The van der Waals surface area contributed by atoms with Crippen molar-refractivity contribution in [2.75, 3.05) is 31.5 Å². The van der Waals surface area contributed by atoms with E-state index in [-0.39, 0.29) is 11.3 Å². The third-order valence-corrected chi connectivity index (χ3v) is 3.87. The Morgan fingerprint density at radius 1 is 1.29 bits per heavy atom. The summed E-state index contributed by atoms with van der Waals surface area (Å²) >= 11 is 3.26. The average Bonchev–Trinajstić information content (AvgIpc) is 2.91. The van der Waals surface area contributed by atoms with Gasteiger partial charge >= 0.3 is 12.0 Å². The Kier molecular flexibility index (Phi) is 5.58. The molecule has 21 heavy (non-hydrogen) atoms. The topological polar surface area (TPSA) is 81.7 Å². The molecule has 2 rings (SSSR count). The molecule has 0 radical (unpaired) electrons. The van der Waals surface area contributed by atoms with Gasteiger partial charge in [0.2, 0.25) is 0 Å². The lowest BCUT2D eigenvalue weighted by Gasteiger charge is -2.15. The summed E-state index contributed by atoms with van der Waals surface area (Å²) in [6, 6.07) is 4.25. The van der Waals surface area contributed by atoms with E-state index < -0.39 is 12.0 Å². The lowest BCUT2D eigenvalue weighted by molar-refractivity contribution is 0.0698. The summed E-state index contributed by atoms with van der Waals surface area (Å²) in [7, 11) is 0. The molecule has 0 saturated carbocycles. The first kappa shape index (κ1) is 15.8.